The molecule has 0 radical (unpaired) electrons. The van der Waals surface area contributed by atoms with Crippen molar-refractivity contribution in [3.8, 4) is 0 Å². The molecule has 28 heavy (non-hydrogen) atoms. The fourth-order valence-electron chi connectivity index (χ4n) is 3.09. The molecule has 0 aromatic heterocycles. The summed E-state index contributed by atoms with van der Waals surface area (Å²) >= 11 is 0. The van der Waals surface area contributed by atoms with Crippen molar-refractivity contribution in [2.45, 2.75) is 51.5 Å². The fourth-order valence-corrected chi connectivity index (χ4v) is 3.09. The number of alkyl carbamates (subject to hydrolysis) is 1. The van der Waals surface area contributed by atoms with E-state index >= 15 is 0 Å². The van der Waals surface area contributed by atoms with Gasteiger partial charge in [-0.2, -0.15) is 0 Å². The summed E-state index contributed by atoms with van der Waals surface area (Å²) in [5.41, 5.74) is -1.17. The predicted molar refractivity (Wildman–Crippen MR) is 106 cm³/mol. The van der Waals surface area contributed by atoms with Crippen molar-refractivity contribution in [1.29, 1.82) is 0 Å². The van der Waals surface area contributed by atoms with E-state index in [9.17, 15) is 14.7 Å². The quantitative estimate of drug-likeness (QED) is 0.755. The van der Waals surface area contributed by atoms with Crippen molar-refractivity contribution >= 4 is 12.2 Å². The molecule has 0 bridgehead atoms. The van der Waals surface area contributed by atoms with Crippen molar-refractivity contribution < 1.29 is 24.2 Å². The number of likely N-dealkylation sites (tertiary alicyclic amines) is 1. The van der Waals surface area contributed by atoms with E-state index in [4.69, 9.17) is 9.47 Å². The predicted octanol–water partition coefficient (Wildman–Crippen LogP) is 3.09. The summed E-state index contributed by atoms with van der Waals surface area (Å²) in [6.45, 7) is 11.1. The van der Waals surface area contributed by atoms with E-state index in [0.29, 0.717) is 0 Å². The molecule has 2 N–H and O–H groups in total. The Morgan fingerprint density at radius 1 is 1.39 bits per heavy atom. The highest BCUT2D eigenvalue weighted by Crippen LogP contribution is 2.31. The van der Waals surface area contributed by atoms with E-state index < -0.39 is 29.4 Å². The van der Waals surface area contributed by atoms with Gasteiger partial charge < -0.3 is 24.8 Å². The van der Waals surface area contributed by atoms with Crippen molar-refractivity contribution in [2.24, 2.45) is 5.92 Å². The first kappa shape index (κ1) is 21.8. The van der Waals surface area contributed by atoms with Crippen LogP contribution in [-0.2, 0) is 16.1 Å². The van der Waals surface area contributed by atoms with E-state index in [0.717, 1.165) is 5.56 Å². The van der Waals surface area contributed by atoms with Crippen LogP contribution in [-0.4, -0.2) is 52.5 Å². The number of hydrogen-bond acceptors (Lipinski definition) is 5. The summed E-state index contributed by atoms with van der Waals surface area (Å²) in [6.07, 6.45) is 0.404. The molecule has 2 amide bonds. The first-order chi connectivity index (χ1) is 13.0. The molecule has 0 aliphatic carbocycles. The van der Waals surface area contributed by atoms with E-state index in [-0.39, 0.29) is 25.6 Å². The maximum absolute atomic E-state index is 12.5. The minimum Gasteiger partial charge on any atom is -0.445 e. The van der Waals surface area contributed by atoms with Crippen LogP contribution in [0.4, 0.5) is 9.59 Å². The van der Waals surface area contributed by atoms with Crippen LogP contribution in [0.1, 0.15) is 33.3 Å². The normalized spacial score (nSPS) is 23.0. The molecule has 1 aliphatic heterocycles. The van der Waals surface area contributed by atoms with Gasteiger partial charge in [-0.1, -0.05) is 43.3 Å². The van der Waals surface area contributed by atoms with Crippen molar-refractivity contribution in [1.82, 2.24) is 10.2 Å². The van der Waals surface area contributed by atoms with Gasteiger partial charge >= 0.3 is 12.2 Å². The van der Waals surface area contributed by atoms with Crippen molar-refractivity contribution in [2.75, 3.05) is 13.1 Å². The first-order valence-electron chi connectivity index (χ1n) is 9.35. The molecule has 1 fully saturated rings. The van der Waals surface area contributed by atoms with Crippen molar-refractivity contribution in [3.05, 3.63) is 48.6 Å². The number of amides is 2. The average Bonchev–Trinajstić information content (AvgIpc) is 2.96. The molecule has 1 aromatic carbocycles. The summed E-state index contributed by atoms with van der Waals surface area (Å²) in [5.74, 6) is -0.362. The van der Waals surface area contributed by atoms with Gasteiger partial charge in [-0.3, -0.25) is 0 Å². The molecule has 1 aliphatic rings. The Balaban J connectivity index is 2.06. The van der Waals surface area contributed by atoms with Crippen LogP contribution in [0.2, 0.25) is 0 Å². The molecule has 1 aromatic rings. The monoisotopic (exact) mass is 390 g/mol. The van der Waals surface area contributed by atoms with Gasteiger partial charge in [0.25, 0.3) is 0 Å². The smallest absolute Gasteiger partial charge is 0.410 e. The van der Waals surface area contributed by atoms with Gasteiger partial charge in [0.15, 0.2) is 0 Å². The number of nitrogens with one attached hydrogen (secondary N) is 1. The fraction of sp³-hybridized carbons (Fsp3) is 0.524. The number of hydrogen-bond donors (Lipinski definition) is 2. The summed E-state index contributed by atoms with van der Waals surface area (Å²) in [4.78, 5) is 26.1. The lowest BCUT2D eigenvalue weighted by atomic mass is 9.84. The number of aliphatic hydroxyl groups is 1. The van der Waals surface area contributed by atoms with Crippen LogP contribution in [0.3, 0.4) is 0 Å². The van der Waals surface area contributed by atoms with Crippen LogP contribution in [0, 0.1) is 5.92 Å². The Labute approximate surface area is 166 Å². The van der Waals surface area contributed by atoms with E-state index in [1.807, 2.05) is 30.3 Å². The highest BCUT2D eigenvalue weighted by Gasteiger charge is 2.51. The number of rotatable bonds is 5. The zero-order valence-electron chi connectivity index (χ0n) is 17.0. The van der Waals surface area contributed by atoms with Gasteiger partial charge in [0.05, 0.1) is 12.6 Å². The molecule has 3 atom stereocenters. The second kappa shape index (κ2) is 8.65. The number of carbonyl (C=O) groups excluding carboxylic acids is 2. The Morgan fingerprint density at radius 3 is 2.61 bits per heavy atom. The maximum Gasteiger partial charge on any atom is 0.410 e. The second-order valence-electron chi connectivity index (χ2n) is 8.14. The lowest BCUT2D eigenvalue weighted by Gasteiger charge is -2.33. The number of carbonyl (C=O) groups is 2. The summed E-state index contributed by atoms with van der Waals surface area (Å²) in [6, 6.07) is 8.63. The van der Waals surface area contributed by atoms with Crippen molar-refractivity contribution in [3.63, 3.8) is 0 Å². The third-order valence-corrected chi connectivity index (χ3v) is 4.75. The van der Waals surface area contributed by atoms with Crippen LogP contribution >= 0.6 is 0 Å². The highest BCUT2D eigenvalue weighted by atomic mass is 16.6. The Kier molecular flexibility index (Phi) is 6.72. The highest BCUT2D eigenvalue weighted by molar-refractivity contribution is 5.71. The third-order valence-electron chi connectivity index (χ3n) is 4.75. The van der Waals surface area contributed by atoms with E-state index in [1.54, 1.807) is 33.8 Å². The molecule has 1 heterocycles. The van der Waals surface area contributed by atoms with Gasteiger partial charge in [-0.05, 0) is 26.3 Å². The molecule has 7 heteroatoms. The van der Waals surface area contributed by atoms with Crippen LogP contribution in [0.25, 0.3) is 0 Å². The molecule has 2 rings (SSSR count). The minimum absolute atomic E-state index is 0.0221. The van der Waals surface area contributed by atoms with E-state index in [2.05, 4.69) is 11.9 Å². The molecule has 7 nitrogen and oxygen atoms in total. The molecular weight excluding hydrogens is 360 g/mol. The minimum atomic E-state index is -1.37. The Morgan fingerprint density at radius 2 is 2.04 bits per heavy atom. The molecule has 154 valence electrons. The summed E-state index contributed by atoms with van der Waals surface area (Å²) in [7, 11) is 0. The lowest BCUT2D eigenvalue weighted by Crippen LogP contribution is -2.55. The number of nitrogens with zero attached hydrogens (tertiary/aromatic N) is 1. The van der Waals surface area contributed by atoms with Gasteiger partial charge in [-0.15, -0.1) is 6.58 Å². The second-order valence-corrected chi connectivity index (χ2v) is 8.14. The molecule has 3 unspecified atom stereocenters. The topological polar surface area (TPSA) is 88.1 Å². The summed E-state index contributed by atoms with van der Waals surface area (Å²) < 4.78 is 10.6. The largest absolute Gasteiger partial charge is 0.445 e. The third kappa shape index (κ3) is 5.48. The zero-order chi connectivity index (χ0) is 20.9. The molecule has 0 spiro atoms. The SMILES string of the molecule is C=CC(C)C1(O)CN(C(=O)OCc2ccccc2)CC1NC(=O)OC(C)(C)C. The Bertz CT molecular complexity index is 700. The average molecular weight is 390 g/mol. The molecule has 0 saturated carbocycles. The van der Waals surface area contributed by atoms with Gasteiger partial charge in [0.2, 0.25) is 0 Å². The van der Waals surface area contributed by atoms with Gasteiger partial charge in [-0.25, -0.2) is 9.59 Å². The van der Waals surface area contributed by atoms with E-state index in [1.165, 1.54) is 4.90 Å². The maximum atomic E-state index is 12.5. The van der Waals surface area contributed by atoms with Crippen LogP contribution < -0.4 is 5.32 Å². The number of ether oxygens (including phenoxy) is 2. The Hall–Kier alpha value is -2.54. The first-order valence-corrected chi connectivity index (χ1v) is 9.35. The zero-order valence-corrected chi connectivity index (χ0v) is 17.0. The lowest BCUT2D eigenvalue weighted by molar-refractivity contribution is -0.0116. The summed E-state index contributed by atoms with van der Waals surface area (Å²) in [5, 5.41) is 13.9. The molecule has 1 saturated heterocycles. The standard InChI is InChI=1S/C21H30N2O5/c1-6-15(2)21(26)14-23(12-17(21)22-18(24)28-20(3,4)5)19(25)27-13-16-10-8-7-9-11-16/h6-11,15,17,26H,1,12-14H2,2-5H3,(H,22,24). The number of β-amino-alcohol motifs (C(OH)–C–C–N with tert-alkyl or cyclic N) is 1. The molecular formula is C21H30N2O5. The van der Waals surface area contributed by atoms with Gasteiger partial charge in [0, 0.05) is 12.5 Å². The van der Waals surface area contributed by atoms with Gasteiger partial charge in [0.1, 0.15) is 17.8 Å². The van der Waals surface area contributed by atoms with Crippen LogP contribution in [0.15, 0.2) is 43.0 Å². The van der Waals surface area contributed by atoms with Crippen LogP contribution in [0.5, 0.6) is 0 Å². The number of benzene rings is 1.